The summed E-state index contributed by atoms with van der Waals surface area (Å²) >= 11 is 0. The second-order valence-electron chi connectivity index (χ2n) is 6.89. The number of aromatic nitrogens is 1. The van der Waals surface area contributed by atoms with Crippen LogP contribution in [0.2, 0.25) is 0 Å². The number of ether oxygens (including phenoxy) is 1. The van der Waals surface area contributed by atoms with Gasteiger partial charge in [-0.2, -0.15) is 0 Å². The fourth-order valence-electron chi connectivity index (χ4n) is 4.26. The number of esters is 1. The first-order chi connectivity index (χ1) is 11.8. The average Bonchev–Trinajstić information content (AvgIpc) is 3.20. The lowest BCUT2D eigenvalue weighted by Gasteiger charge is -2.23. The van der Waals surface area contributed by atoms with Crippen molar-refractivity contribution in [2.45, 2.75) is 43.9 Å². The molecule has 3 heteroatoms. The van der Waals surface area contributed by atoms with Crippen LogP contribution in [0.25, 0.3) is 6.08 Å². The highest BCUT2D eigenvalue weighted by atomic mass is 16.5. The van der Waals surface area contributed by atoms with E-state index < -0.39 is 0 Å². The van der Waals surface area contributed by atoms with E-state index in [2.05, 4.69) is 41.4 Å². The maximum absolute atomic E-state index is 11.7. The van der Waals surface area contributed by atoms with Crippen molar-refractivity contribution in [2.24, 2.45) is 0 Å². The summed E-state index contributed by atoms with van der Waals surface area (Å²) in [6, 6.07) is 10.7. The number of allylic oxidation sites excluding steroid dienone is 1. The van der Waals surface area contributed by atoms with Crippen LogP contribution in [0.1, 0.15) is 70.4 Å². The van der Waals surface area contributed by atoms with Crippen LogP contribution in [0.3, 0.4) is 0 Å². The maximum Gasteiger partial charge on any atom is 0.354 e. The summed E-state index contributed by atoms with van der Waals surface area (Å²) in [5.74, 6) is 0.885. The molecule has 2 aliphatic carbocycles. The highest BCUT2D eigenvalue weighted by Gasteiger charge is 2.28. The second kappa shape index (κ2) is 6.31. The van der Waals surface area contributed by atoms with E-state index in [4.69, 9.17) is 4.74 Å². The highest BCUT2D eigenvalue weighted by Crippen LogP contribution is 2.40. The quantitative estimate of drug-likeness (QED) is 0.821. The molecule has 3 nitrogen and oxygen atoms in total. The molecule has 0 saturated heterocycles. The van der Waals surface area contributed by atoms with E-state index in [1.165, 1.54) is 48.8 Å². The SMILES string of the molecule is COC(=O)c1cc2c([nH]1)C(CCC1CC=Cc3ccccc31)CC2. The number of aromatic amines is 1. The number of aryl methyl sites for hydroxylation is 1. The molecule has 0 bridgehead atoms. The van der Waals surface area contributed by atoms with Gasteiger partial charge in [-0.1, -0.05) is 36.4 Å². The van der Waals surface area contributed by atoms with Gasteiger partial charge in [0.1, 0.15) is 5.69 Å². The fraction of sp³-hybridized carbons (Fsp3) is 0.381. The van der Waals surface area contributed by atoms with Crippen molar-refractivity contribution < 1.29 is 9.53 Å². The molecule has 0 aliphatic heterocycles. The minimum absolute atomic E-state index is 0.269. The third-order valence-electron chi connectivity index (χ3n) is 5.53. The van der Waals surface area contributed by atoms with Crippen LogP contribution >= 0.6 is 0 Å². The number of carbonyl (C=O) groups excluding carboxylic acids is 1. The minimum Gasteiger partial charge on any atom is -0.464 e. The number of methoxy groups -OCH3 is 1. The zero-order valence-electron chi connectivity index (χ0n) is 14.0. The Morgan fingerprint density at radius 3 is 2.96 bits per heavy atom. The number of rotatable bonds is 4. The van der Waals surface area contributed by atoms with E-state index in [0.29, 0.717) is 17.5 Å². The van der Waals surface area contributed by atoms with E-state index in [1.54, 1.807) is 0 Å². The maximum atomic E-state index is 11.7. The van der Waals surface area contributed by atoms with Crippen molar-refractivity contribution in [3.05, 3.63) is 64.5 Å². The normalized spacial score (nSPS) is 21.4. The number of fused-ring (bicyclic) bond motifs is 2. The molecular formula is C21H23NO2. The summed E-state index contributed by atoms with van der Waals surface area (Å²) < 4.78 is 4.82. The van der Waals surface area contributed by atoms with E-state index in [1.807, 2.05) is 6.07 Å². The number of carbonyl (C=O) groups is 1. The minimum atomic E-state index is -0.269. The van der Waals surface area contributed by atoms with Gasteiger partial charge in [0.05, 0.1) is 7.11 Å². The topological polar surface area (TPSA) is 42.1 Å². The smallest absolute Gasteiger partial charge is 0.354 e. The van der Waals surface area contributed by atoms with Crippen molar-refractivity contribution in [2.75, 3.05) is 7.11 Å². The molecule has 2 aliphatic rings. The lowest BCUT2D eigenvalue weighted by Crippen LogP contribution is -2.07. The molecule has 1 aromatic carbocycles. The Hall–Kier alpha value is -2.29. The van der Waals surface area contributed by atoms with Crippen LogP contribution in [0, 0.1) is 0 Å². The van der Waals surface area contributed by atoms with Crippen LogP contribution in [0.15, 0.2) is 36.4 Å². The molecule has 2 unspecified atom stereocenters. The molecule has 2 aromatic rings. The van der Waals surface area contributed by atoms with Gasteiger partial charge in [0.25, 0.3) is 0 Å². The monoisotopic (exact) mass is 321 g/mol. The fourth-order valence-corrected chi connectivity index (χ4v) is 4.26. The molecule has 0 saturated carbocycles. The molecule has 2 atom stereocenters. The van der Waals surface area contributed by atoms with Gasteiger partial charge in [-0.25, -0.2) is 4.79 Å². The van der Waals surface area contributed by atoms with Crippen LogP contribution in [-0.4, -0.2) is 18.1 Å². The molecule has 1 heterocycles. The second-order valence-corrected chi connectivity index (χ2v) is 6.89. The van der Waals surface area contributed by atoms with E-state index >= 15 is 0 Å². The zero-order chi connectivity index (χ0) is 16.5. The lowest BCUT2D eigenvalue weighted by atomic mass is 9.82. The Balaban J connectivity index is 1.46. The Labute approximate surface area is 142 Å². The number of nitrogens with one attached hydrogen (secondary N) is 1. The molecule has 1 aromatic heterocycles. The van der Waals surface area contributed by atoms with Gasteiger partial charge < -0.3 is 9.72 Å². The van der Waals surface area contributed by atoms with Gasteiger partial charge in [-0.15, -0.1) is 0 Å². The van der Waals surface area contributed by atoms with E-state index in [0.717, 1.165) is 12.8 Å². The van der Waals surface area contributed by atoms with Crippen LogP contribution < -0.4 is 0 Å². The van der Waals surface area contributed by atoms with E-state index in [9.17, 15) is 4.79 Å². The molecule has 4 rings (SSSR count). The molecule has 1 N–H and O–H groups in total. The summed E-state index contributed by atoms with van der Waals surface area (Å²) in [6.45, 7) is 0. The van der Waals surface area contributed by atoms with Crippen molar-refractivity contribution in [1.82, 2.24) is 4.98 Å². The molecule has 0 fully saturated rings. The van der Waals surface area contributed by atoms with Crippen LogP contribution in [0.5, 0.6) is 0 Å². The molecule has 0 spiro atoms. The lowest BCUT2D eigenvalue weighted by molar-refractivity contribution is 0.0594. The summed E-state index contributed by atoms with van der Waals surface area (Å²) in [7, 11) is 1.43. The van der Waals surface area contributed by atoms with Crippen molar-refractivity contribution >= 4 is 12.0 Å². The van der Waals surface area contributed by atoms with Crippen molar-refractivity contribution in [1.29, 1.82) is 0 Å². The molecule has 0 amide bonds. The van der Waals surface area contributed by atoms with Gasteiger partial charge in [-0.3, -0.25) is 0 Å². The van der Waals surface area contributed by atoms with Gasteiger partial charge in [0.15, 0.2) is 0 Å². The summed E-state index contributed by atoms with van der Waals surface area (Å²) in [5.41, 5.74) is 6.01. The largest absolute Gasteiger partial charge is 0.464 e. The predicted octanol–water partition coefficient (Wildman–Crippen LogP) is 4.81. The summed E-state index contributed by atoms with van der Waals surface area (Å²) in [5, 5.41) is 0. The van der Waals surface area contributed by atoms with Gasteiger partial charge in [0, 0.05) is 5.69 Å². The number of H-pyrrole nitrogens is 1. The summed E-state index contributed by atoms with van der Waals surface area (Å²) in [4.78, 5) is 15.0. The zero-order valence-corrected chi connectivity index (χ0v) is 14.0. The molecule has 0 radical (unpaired) electrons. The van der Waals surface area contributed by atoms with Crippen LogP contribution in [0.4, 0.5) is 0 Å². The Bertz CT molecular complexity index is 787. The summed E-state index contributed by atoms with van der Waals surface area (Å²) in [6.07, 6.45) is 10.3. The third kappa shape index (κ3) is 2.68. The van der Waals surface area contributed by atoms with Crippen molar-refractivity contribution in [3.63, 3.8) is 0 Å². The highest BCUT2D eigenvalue weighted by molar-refractivity contribution is 5.87. The van der Waals surface area contributed by atoms with Gasteiger partial charge in [0.2, 0.25) is 0 Å². The van der Waals surface area contributed by atoms with Gasteiger partial charge in [-0.05, 0) is 66.7 Å². The standard InChI is InChI=1S/C21H23NO2/c1-24-21(23)19-13-17-12-11-16(20(17)22-19)10-9-15-7-4-6-14-5-2-3-8-18(14)15/h2-6,8,13,15-16,22H,7,9-12H2,1H3. The molecular weight excluding hydrogens is 298 g/mol. The molecule has 24 heavy (non-hydrogen) atoms. The number of hydrogen-bond donors (Lipinski definition) is 1. The molecule has 124 valence electrons. The predicted molar refractivity (Wildman–Crippen MR) is 95.3 cm³/mol. The Kier molecular flexibility index (Phi) is 4.01. The first-order valence-corrected chi connectivity index (χ1v) is 8.82. The van der Waals surface area contributed by atoms with E-state index in [-0.39, 0.29) is 5.97 Å². The Morgan fingerprint density at radius 1 is 1.25 bits per heavy atom. The van der Waals surface area contributed by atoms with Crippen LogP contribution in [-0.2, 0) is 11.2 Å². The van der Waals surface area contributed by atoms with Gasteiger partial charge >= 0.3 is 5.97 Å². The number of benzene rings is 1. The Morgan fingerprint density at radius 2 is 2.08 bits per heavy atom. The number of hydrogen-bond acceptors (Lipinski definition) is 2. The third-order valence-corrected chi connectivity index (χ3v) is 5.53. The first-order valence-electron chi connectivity index (χ1n) is 8.82. The van der Waals surface area contributed by atoms with Crippen molar-refractivity contribution in [3.8, 4) is 0 Å². The average molecular weight is 321 g/mol. The first kappa shape index (κ1) is 15.3.